The second-order valence-corrected chi connectivity index (χ2v) is 9.89. The largest absolute Gasteiger partial charge is 0.452 e. The van der Waals surface area contributed by atoms with Crippen LogP contribution in [0.2, 0.25) is 0 Å². The smallest absolute Gasteiger partial charge is 0.309 e. The fourth-order valence-electron chi connectivity index (χ4n) is 4.44. The van der Waals surface area contributed by atoms with E-state index in [0.29, 0.717) is 22.5 Å². The lowest BCUT2D eigenvalue weighted by atomic mass is 9.67. The number of nitrogens with one attached hydrogen (secondary N) is 1. The Hall–Kier alpha value is -0.360. The molecule has 1 aliphatic heterocycles. The molecule has 0 aromatic rings. The lowest BCUT2D eigenvalue weighted by Crippen LogP contribution is -2.48. The zero-order valence-corrected chi connectivity index (χ0v) is 15.6. The minimum absolute atomic E-state index is 0.0189. The molecule has 2 aliphatic carbocycles. The number of esters is 1. The van der Waals surface area contributed by atoms with E-state index in [9.17, 15) is 9.59 Å². The van der Waals surface area contributed by atoms with Crippen LogP contribution in [-0.2, 0) is 14.3 Å². The number of hydrogen-bond acceptors (Lipinski definition) is 5. The molecule has 0 aromatic carbocycles. The van der Waals surface area contributed by atoms with Crippen molar-refractivity contribution in [3.05, 3.63) is 0 Å². The summed E-state index contributed by atoms with van der Waals surface area (Å²) >= 11 is 4.29. The highest BCUT2D eigenvalue weighted by atomic mass is 32.2. The van der Waals surface area contributed by atoms with Gasteiger partial charge in [0.15, 0.2) is 6.10 Å². The van der Waals surface area contributed by atoms with Gasteiger partial charge in [0.05, 0.1) is 10.00 Å². The number of carbonyl (C=O) groups is 2. The normalized spacial score (nSPS) is 33.2. The molecule has 0 aromatic heterocycles. The first-order valence-electron chi connectivity index (χ1n) is 8.83. The standard InChI is InChI=1S/C17H27NO3S2/c1-3-18-15(19)11(2)21-16(20)12-9-13-5-4-6-14(10-12)17(13)22-7-8-23-17/h11-14H,3-10H2,1-2H3,(H,18,19)/t11-,12?,13-,14+/m0/s1. The van der Waals surface area contributed by atoms with Gasteiger partial charge >= 0.3 is 5.97 Å². The fourth-order valence-corrected chi connectivity index (χ4v) is 8.38. The zero-order valence-electron chi connectivity index (χ0n) is 14.0. The summed E-state index contributed by atoms with van der Waals surface area (Å²) in [4.78, 5) is 24.3. The molecule has 4 atom stereocenters. The van der Waals surface area contributed by atoms with E-state index in [0.717, 1.165) is 12.8 Å². The number of likely N-dealkylation sites (N-methyl/N-ethyl adjacent to an activating group) is 1. The molecule has 4 nitrogen and oxygen atoms in total. The molecule has 130 valence electrons. The van der Waals surface area contributed by atoms with E-state index in [-0.39, 0.29) is 17.8 Å². The highest BCUT2D eigenvalue weighted by Gasteiger charge is 2.55. The first-order chi connectivity index (χ1) is 11.1. The first kappa shape index (κ1) is 17.5. The number of ether oxygens (including phenoxy) is 1. The van der Waals surface area contributed by atoms with Crippen LogP contribution in [-0.4, -0.2) is 40.1 Å². The lowest BCUT2D eigenvalue weighted by molar-refractivity contribution is -0.161. The summed E-state index contributed by atoms with van der Waals surface area (Å²) < 4.78 is 5.83. The van der Waals surface area contributed by atoms with Gasteiger partial charge in [-0.2, -0.15) is 0 Å². The third kappa shape index (κ3) is 3.39. The van der Waals surface area contributed by atoms with Gasteiger partial charge in [0, 0.05) is 18.1 Å². The average Bonchev–Trinajstić information content (AvgIpc) is 2.96. The SMILES string of the molecule is CCNC(=O)[C@H](C)OC(=O)C1C[C@H]2CCC[C@@H](C1)C21SCCS1. The summed E-state index contributed by atoms with van der Waals surface area (Å²) in [6.07, 6.45) is 4.98. The van der Waals surface area contributed by atoms with Gasteiger partial charge in [-0.05, 0) is 51.4 Å². The van der Waals surface area contributed by atoms with Gasteiger partial charge < -0.3 is 10.1 Å². The molecule has 3 fully saturated rings. The molecule has 1 spiro atoms. The molecule has 1 saturated heterocycles. The number of thioether (sulfide) groups is 2. The number of rotatable bonds is 4. The molecule has 1 amide bonds. The highest BCUT2D eigenvalue weighted by Crippen LogP contribution is 2.64. The lowest BCUT2D eigenvalue weighted by Gasteiger charge is -2.51. The Morgan fingerprint density at radius 3 is 2.39 bits per heavy atom. The van der Waals surface area contributed by atoms with Crippen LogP contribution in [0.4, 0.5) is 0 Å². The monoisotopic (exact) mass is 357 g/mol. The molecular formula is C17H27NO3S2. The molecule has 2 bridgehead atoms. The van der Waals surface area contributed by atoms with Gasteiger partial charge in [-0.1, -0.05) is 6.42 Å². The summed E-state index contributed by atoms with van der Waals surface area (Å²) in [6, 6.07) is 0. The van der Waals surface area contributed by atoms with Crippen molar-refractivity contribution in [3.8, 4) is 0 Å². The van der Waals surface area contributed by atoms with Crippen molar-refractivity contribution in [2.75, 3.05) is 18.1 Å². The van der Waals surface area contributed by atoms with Gasteiger partial charge in [-0.3, -0.25) is 9.59 Å². The summed E-state index contributed by atoms with van der Waals surface area (Å²) in [5.41, 5.74) is 0. The number of carbonyl (C=O) groups excluding carboxylic acids is 2. The molecular weight excluding hydrogens is 330 g/mol. The van der Waals surface area contributed by atoms with Gasteiger partial charge in [-0.15, -0.1) is 23.5 Å². The summed E-state index contributed by atoms with van der Waals surface area (Å²) in [7, 11) is 0. The second kappa shape index (κ2) is 7.26. The van der Waals surface area contributed by atoms with Crippen LogP contribution < -0.4 is 5.32 Å². The fraction of sp³-hybridized carbons (Fsp3) is 0.882. The minimum atomic E-state index is -0.687. The van der Waals surface area contributed by atoms with Crippen molar-refractivity contribution in [1.82, 2.24) is 5.32 Å². The predicted molar refractivity (Wildman–Crippen MR) is 95.4 cm³/mol. The van der Waals surface area contributed by atoms with Crippen LogP contribution in [0.15, 0.2) is 0 Å². The first-order valence-corrected chi connectivity index (χ1v) is 10.8. The van der Waals surface area contributed by atoms with Crippen LogP contribution in [0.3, 0.4) is 0 Å². The maximum atomic E-state index is 12.5. The minimum Gasteiger partial charge on any atom is -0.452 e. The Labute approximate surface area is 147 Å². The van der Waals surface area contributed by atoms with E-state index in [2.05, 4.69) is 28.8 Å². The van der Waals surface area contributed by atoms with E-state index >= 15 is 0 Å². The Morgan fingerprint density at radius 1 is 1.22 bits per heavy atom. The van der Waals surface area contributed by atoms with Crippen LogP contribution in [0.25, 0.3) is 0 Å². The van der Waals surface area contributed by atoms with Crippen molar-refractivity contribution in [2.24, 2.45) is 17.8 Å². The van der Waals surface area contributed by atoms with Crippen LogP contribution in [0.5, 0.6) is 0 Å². The third-order valence-electron chi connectivity index (χ3n) is 5.47. The third-order valence-corrected chi connectivity index (χ3v) is 9.48. The highest BCUT2D eigenvalue weighted by molar-refractivity contribution is 8.21. The van der Waals surface area contributed by atoms with Gasteiger partial charge in [-0.25, -0.2) is 0 Å². The Balaban J connectivity index is 1.62. The molecule has 1 unspecified atom stereocenters. The summed E-state index contributed by atoms with van der Waals surface area (Å²) in [5.74, 6) is 3.38. The second-order valence-electron chi connectivity index (χ2n) is 6.89. The maximum absolute atomic E-state index is 12.5. The van der Waals surface area contributed by atoms with Gasteiger partial charge in [0.25, 0.3) is 5.91 Å². The van der Waals surface area contributed by atoms with Crippen molar-refractivity contribution in [1.29, 1.82) is 0 Å². The molecule has 0 radical (unpaired) electrons. The maximum Gasteiger partial charge on any atom is 0.309 e. The molecule has 1 heterocycles. The van der Waals surface area contributed by atoms with Crippen LogP contribution >= 0.6 is 23.5 Å². The van der Waals surface area contributed by atoms with Crippen molar-refractivity contribution in [2.45, 2.75) is 56.1 Å². The molecule has 2 saturated carbocycles. The van der Waals surface area contributed by atoms with Gasteiger partial charge in [0.2, 0.25) is 0 Å². The molecule has 23 heavy (non-hydrogen) atoms. The Morgan fingerprint density at radius 2 is 1.83 bits per heavy atom. The summed E-state index contributed by atoms with van der Waals surface area (Å²) in [6.45, 7) is 4.09. The van der Waals surface area contributed by atoms with E-state index in [1.807, 2.05) is 6.92 Å². The zero-order chi connectivity index (χ0) is 16.4. The Bertz CT molecular complexity index is 449. The van der Waals surface area contributed by atoms with Crippen LogP contribution in [0, 0.1) is 17.8 Å². The van der Waals surface area contributed by atoms with E-state index in [1.165, 1.54) is 30.8 Å². The molecule has 3 rings (SSSR count). The van der Waals surface area contributed by atoms with Crippen LogP contribution in [0.1, 0.15) is 46.0 Å². The Kier molecular flexibility index (Phi) is 5.51. The van der Waals surface area contributed by atoms with Crippen molar-refractivity contribution in [3.63, 3.8) is 0 Å². The van der Waals surface area contributed by atoms with E-state index < -0.39 is 6.10 Å². The molecule has 3 aliphatic rings. The topological polar surface area (TPSA) is 55.4 Å². The van der Waals surface area contributed by atoms with Crippen molar-refractivity contribution < 1.29 is 14.3 Å². The summed E-state index contributed by atoms with van der Waals surface area (Å²) in [5, 5.41) is 2.71. The quantitative estimate of drug-likeness (QED) is 0.784. The molecule has 1 N–H and O–H groups in total. The number of hydrogen-bond donors (Lipinski definition) is 1. The van der Waals surface area contributed by atoms with Gasteiger partial charge in [0.1, 0.15) is 0 Å². The number of amides is 1. The average molecular weight is 358 g/mol. The van der Waals surface area contributed by atoms with E-state index in [4.69, 9.17) is 4.74 Å². The molecule has 6 heteroatoms. The predicted octanol–water partition coefficient (Wildman–Crippen LogP) is 3.06. The van der Waals surface area contributed by atoms with Crippen molar-refractivity contribution >= 4 is 35.4 Å². The van der Waals surface area contributed by atoms with E-state index in [1.54, 1.807) is 6.92 Å².